The van der Waals surface area contributed by atoms with Crippen LogP contribution in [0.25, 0.3) is 55.6 Å². The van der Waals surface area contributed by atoms with Crippen molar-refractivity contribution in [2.24, 2.45) is 5.92 Å². The second kappa shape index (κ2) is 24.5. The molecule has 1 aliphatic carbocycles. The highest BCUT2D eigenvalue weighted by atomic mass is 16.5. The first-order valence-electron chi connectivity index (χ1n) is 25.0. The highest BCUT2D eigenvalue weighted by molar-refractivity contribution is 5.87. The number of fused-ring (bicyclic) bond motifs is 3. The Morgan fingerprint density at radius 2 is 0.849 bits per heavy atom. The van der Waals surface area contributed by atoms with Crippen molar-refractivity contribution in [3.05, 3.63) is 204 Å². The van der Waals surface area contributed by atoms with Gasteiger partial charge in [-0.3, -0.25) is 0 Å². The number of hydrogen-bond donors (Lipinski definition) is 1. The van der Waals surface area contributed by atoms with Gasteiger partial charge in [-0.1, -0.05) is 140 Å². The number of hydrogen-bond acceptors (Lipinski definition) is 8. The van der Waals surface area contributed by atoms with Crippen LogP contribution in [-0.4, -0.2) is 60.9 Å². The van der Waals surface area contributed by atoms with Crippen molar-refractivity contribution in [3.8, 4) is 78.6 Å². The molecule has 73 heavy (non-hydrogen) atoms. The molecule has 8 aromatic rings. The molecule has 0 aromatic heterocycles. The van der Waals surface area contributed by atoms with Crippen LogP contribution in [0.4, 0.5) is 4.79 Å². The molecule has 0 spiro atoms. The fourth-order valence-electron chi connectivity index (χ4n) is 9.94. The van der Waals surface area contributed by atoms with Gasteiger partial charge in [-0.25, -0.2) is 4.79 Å². The Balaban J connectivity index is 0.897. The Kier molecular flexibility index (Phi) is 16.8. The molecule has 1 N–H and O–H groups in total. The van der Waals surface area contributed by atoms with E-state index in [1.165, 1.54) is 22.3 Å². The van der Waals surface area contributed by atoms with E-state index in [2.05, 4.69) is 127 Å². The van der Waals surface area contributed by atoms with E-state index in [-0.39, 0.29) is 18.4 Å². The van der Waals surface area contributed by atoms with Gasteiger partial charge in [-0.2, -0.15) is 0 Å². The zero-order chi connectivity index (χ0) is 50.4. The van der Waals surface area contributed by atoms with Crippen molar-refractivity contribution in [2.75, 3.05) is 54.8 Å². The van der Waals surface area contributed by atoms with Crippen LogP contribution in [0.1, 0.15) is 47.4 Å². The zero-order valence-corrected chi connectivity index (χ0v) is 42.1. The molecule has 0 atom stereocenters. The van der Waals surface area contributed by atoms with Gasteiger partial charge in [0.05, 0.1) is 54.9 Å². The van der Waals surface area contributed by atoms with Crippen molar-refractivity contribution >= 4 is 6.09 Å². The summed E-state index contributed by atoms with van der Waals surface area (Å²) in [5, 5.41) is 3.01. The molecule has 0 unspecified atom stereocenters. The number of benzene rings is 8. The largest absolute Gasteiger partial charge is 0.497 e. The minimum atomic E-state index is -0.404. The number of carbonyl (C=O) groups is 1. The number of amides is 1. The van der Waals surface area contributed by atoms with Gasteiger partial charge in [-0.05, 0) is 139 Å². The third-order valence-electron chi connectivity index (χ3n) is 13.7. The van der Waals surface area contributed by atoms with Crippen molar-refractivity contribution in [3.63, 3.8) is 0 Å². The molecule has 0 fully saturated rings. The lowest BCUT2D eigenvalue weighted by atomic mass is 9.90. The average molecular weight is 974 g/mol. The number of methoxy groups -OCH3 is 4. The van der Waals surface area contributed by atoms with Gasteiger partial charge in [0.15, 0.2) is 0 Å². The van der Waals surface area contributed by atoms with E-state index >= 15 is 0 Å². The summed E-state index contributed by atoms with van der Waals surface area (Å²) in [7, 11) is 6.72. The Hall–Kier alpha value is -7.85. The standard InChI is InChI=1S/C64H63NO8/c1-67-51-30-22-45(23-31-51)55-20-11-14-49(62(55)47-26-34-53(69-3)35-27-47)41-71-39-44(13-9-10-38-65-64(66)73-43-61-59-18-7-5-16-57(59)58-17-6-8-19-60(58)61)40-72-42-50-15-12-21-56(46-24-32-52(68-2)33-25-46)63(50)48-28-36-54(70-4)37-29-48/h5-8,11-12,14-37,44,61H,9-10,13,38-43H2,1-4H3,(H,65,66). The summed E-state index contributed by atoms with van der Waals surface area (Å²) in [6, 6.07) is 62.2. The van der Waals surface area contributed by atoms with Gasteiger partial charge >= 0.3 is 6.09 Å². The molecule has 0 saturated heterocycles. The normalized spacial score (nSPS) is 11.7. The van der Waals surface area contributed by atoms with Crippen molar-refractivity contribution in [1.82, 2.24) is 5.32 Å². The molecule has 9 nitrogen and oxygen atoms in total. The molecule has 0 aliphatic heterocycles. The summed E-state index contributed by atoms with van der Waals surface area (Å²) in [5.41, 5.74) is 15.6. The molecule has 1 amide bonds. The first kappa shape index (κ1) is 50.1. The van der Waals surface area contributed by atoms with Gasteiger partial charge in [0.1, 0.15) is 29.6 Å². The van der Waals surface area contributed by atoms with Crippen molar-refractivity contribution < 1.29 is 38.0 Å². The first-order valence-corrected chi connectivity index (χ1v) is 25.0. The maximum Gasteiger partial charge on any atom is 0.407 e. The predicted octanol–water partition coefficient (Wildman–Crippen LogP) is 14.4. The second-order valence-corrected chi connectivity index (χ2v) is 18.2. The lowest BCUT2D eigenvalue weighted by Crippen LogP contribution is -2.27. The molecule has 9 heteroatoms. The number of rotatable bonds is 23. The molecule has 0 heterocycles. The van der Waals surface area contributed by atoms with Crippen molar-refractivity contribution in [2.45, 2.75) is 38.4 Å². The van der Waals surface area contributed by atoms with Crippen LogP contribution in [-0.2, 0) is 27.4 Å². The molecule has 1 aliphatic rings. The fourth-order valence-corrected chi connectivity index (χ4v) is 9.94. The monoisotopic (exact) mass is 973 g/mol. The van der Waals surface area contributed by atoms with Gasteiger partial charge < -0.3 is 38.5 Å². The van der Waals surface area contributed by atoms with E-state index in [4.69, 9.17) is 33.2 Å². The molecule has 372 valence electrons. The Bertz CT molecular complexity index is 2870. The summed E-state index contributed by atoms with van der Waals surface area (Å²) in [6.45, 7) is 2.53. The Labute approximate surface area is 429 Å². The molecule has 0 saturated carbocycles. The van der Waals surface area contributed by atoms with Gasteiger partial charge in [0.2, 0.25) is 0 Å². The summed E-state index contributed by atoms with van der Waals surface area (Å²) >= 11 is 0. The van der Waals surface area contributed by atoms with E-state index in [1.54, 1.807) is 28.4 Å². The minimum absolute atomic E-state index is 0.00770. The van der Waals surface area contributed by atoms with Crippen LogP contribution in [0.15, 0.2) is 182 Å². The quantitative estimate of drug-likeness (QED) is 0.0634. The van der Waals surface area contributed by atoms with E-state index < -0.39 is 6.09 Å². The Morgan fingerprint density at radius 1 is 0.452 bits per heavy atom. The topological polar surface area (TPSA) is 93.7 Å². The van der Waals surface area contributed by atoms with E-state index in [0.29, 0.717) is 33.0 Å². The molecule has 9 rings (SSSR count). The number of carbonyl (C=O) groups excluding carboxylic acids is 1. The summed E-state index contributed by atoms with van der Waals surface area (Å²) in [5.74, 6) is 3.27. The van der Waals surface area contributed by atoms with Gasteiger partial charge in [0.25, 0.3) is 0 Å². The maximum atomic E-state index is 13.1. The zero-order valence-electron chi connectivity index (χ0n) is 42.1. The second-order valence-electron chi connectivity index (χ2n) is 18.2. The van der Waals surface area contributed by atoms with Gasteiger partial charge in [-0.15, -0.1) is 0 Å². The summed E-state index contributed by atoms with van der Waals surface area (Å²) in [4.78, 5) is 13.1. The predicted molar refractivity (Wildman–Crippen MR) is 291 cm³/mol. The SMILES string of the molecule is COc1ccc(-c2cccc(COCC(CCCCNC(=O)OCC3c4ccccc4-c4ccccc43)COCc3cccc(-c4ccc(OC)cc4)c3-c3ccc(OC)cc3)c2-c2ccc(OC)cc2)cc1. The molecule has 8 aromatic carbocycles. The minimum Gasteiger partial charge on any atom is -0.497 e. The molecular weight excluding hydrogens is 911 g/mol. The number of ether oxygens (including phenoxy) is 7. The molecule has 0 bridgehead atoms. The lowest BCUT2D eigenvalue weighted by molar-refractivity contribution is 0.0234. The average Bonchev–Trinajstić information content (AvgIpc) is 3.77. The summed E-state index contributed by atoms with van der Waals surface area (Å²) in [6.07, 6.45) is 2.06. The van der Waals surface area contributed by atoms with E-state index in [0.717, 1.165) is 97.9 Å². The smallest absolute Gasteiger partial charge is 0.407 e. The highest BCUT2D eigenvalue weighted by Gasteiger charge is 2.29. The number of alkyl carbamates (subject to hydrolysis) is 1. The van der Waals surface area contributed by atoms with Crippen LogP contribution in [0.3, 0.4) is 0 Å². The lowest BCUT2D eigenvalue weighted by Gasteiger charge is -2.21. The number of nitrogens with one attached hydrogen (secondary N) is 1. The summed E-state index contributed by atoms with van der Waals surface area (Å²) < 4.78 is 41.3. The third kappa shape index (κ3) is 12.1. The van der Waals surface area contributed by atoms with Crippen LogP contribution in [0.2, 0.25) is 0 Å². The van der Waals surface area contributed by atoms with E-state index in [9.17, 15) is 4.79 Å². The fraction of sp³-hybridized carbons (Fsp3) is 0.234. The molecular formula is C64H63NO8. The highest BCUT2D eigenvalue weighted by Crippen LogP contribution is 2.45. The van der Waals surface area contributed by atoms with Crippen LogP contribution >= 0.6 is 0 Å². The van der Waals surface area contributed by atoms with E-state index in [1.807, 2.05) is 60.7 Å². The van der Waals surface area contributed by atoms with Crippen LogP contribution in [0, 0.1) is 5.92 Å². The third-order valence-corrected chi connectivity index (χ3v) is 13.7. The van der Waals surface area contributed by atoms with Crippen LogP contribution < -0.4 is 24.3 Å². The molecule has 0 radical (unpaired) electrons. The maximum absolute atomic E-state index is 13.1. The number of unbranched alkanes of at least 4 members (excludes halogenated alkanes) is 1. The van der Waals surface area contributed by atoms with Gasteiger partial charge in [0, 0.05) is 18.4 Å². The Morgan fingerprint density at radius 3 is 1.27 bits per heavy atom. The first-order chi connectivity index (χ1) is 35.9. The van der Waals surface area contributed by atoms with Crippen molar-refractivity contribution in [1.29, 1.82) is 0 Å². The van der Waals surface area contributed by atoms with Crippen LogP contribution in [0.5, 0.6) is 23.0 Å².